The SMILES string of the molecule is NC(=O)[C@H](Cc1ccc(O)cc1)NC(=O)[C@H](CCCCN=C(N)N)NO. The second-order valence-electron chi connectivity index (χ2n) is 5.82. The maximum absolute atomic E-state index is 12.3. The number of phenolic OH excluding ortho intramolecular Hbond substituents is 1. The van der Waals surface area contributed by atoms with Gasteiger partial charge in [-0.3, -0.25) is 14.6 Å². The molecule has 0 saturated carbocycles. The largest absolute Gasteiger partial charge is 0.508 e. The third-order valence-electron chi connectivity index (χ3n) is 3.70. The summed E-state index contributed by atoms with van der Waals surface area (Å²) in [7, 11) is 0. The van der Waals surface area contributed by atoms with Crippen molar-refractivity contribution in [2.45, 2.75) is 37.8 Å². The first-order valence-electron chi connectivity index (χ1n) is 8.16. The van der Waals surface area contributed by atoms with Crippen LogP contribution in [0.2, 0.25) is 0 Å². The average Bonchev–Trinajstić information content (AvgIpc) is 2.58. The molecule has 2 atom stereocenters. The number of unbranched alkanes of at least 4 members (excludes halogenated alkanes) is 1. The minimum absolute atomic E-state index is 0.00175. The molecule has 10 heteroatoms. The molecule has 26 heavy (non-hydrogen) atoms. The molecular formula is C16H26N6O4. The predicted molar refractivity (Wildman–Crippen MR) is 96.2 cm³/mol. The second-order valence-corrected chi connectivity index (χ2v) is 5.82. The number of nitrogens with one attached hydrogen (secondary N) is 2. The fourth-order valence-electron chi connectivity index (χ4n) is 2.29. The van der Waals surface area contributed by atoms with Gasteiger partial charge in [-0.25, -0.2) is 0 Å². The molecule has 0 aliphatic carbocycles. The van der Waals surface area contributed by atoms with Crippen LogP contribution in [0.4, 0.5) is 0 Å². The van der Waals surface area contributed by atoms with Gasteiger partial charge in [-0.05, 0) is 37.0 Å². The van der Waals surface area contributed by atoms with Crippen molar-refractivity contribution in [3.8, 4) is 5.75 Å². The molecule has 0 saturated heterocycles. The first-order chi connectivity index (χ1) is 12.3. The van der Waals surface area contributed by atoms with E-state index in [1.165, 1.54) is 12.1 Å². The zero-order valence-corrected chi connectivity index (χ0v) is 14.4. The van der Waals surface area contributed by atoms with E-state index in [2.05, 4.69) is 10.3 Å². The standard InChI is InChI=1S/C16H26N6O4/c17-14(24)13(9-10-4-6-11(23)7-5-10)21-15(25)12(22-26)3-1-2-8-20-16(18)19/h4-7,12-13,22-23,26H,1-3,8-9H2,(H2,17,24)(H,21,25)(H4,18,19,20)/t12-,13-/m0/s1. The summed E-state index contributed by atoms with van der Waals surface area (Å²) in [4.78, 5) is 27.7. The second kappa shape index (κ2) is 10.9. The Morgan fingerprint density at radius 3 is 2.27 bits per heavy atom. The van der Waals surface area contributed by atoms with Crippen molar-refractivity contribution in [3.63, 3.8) is 0 Å². The molecule has 1 aromatic carbocycles. The molecular weight excluding hydrogens is 340 g/mol. The number of carbonyl (C=O) groups excluding carboxylic acids is 2. The molecule has 0 radical (unpaired) electrons. The van der Waals surface area contributed by atoms with Crippen LogP contribution in [-0.2, 0) is 16.0 Å². The lowest BCUT2D eigenvalue weighted by Crippen LogP contribution is -2.52. The number of phenols is 1. The lowest BCUT2D eigenvalue weighted by atomic mass is 10.0. The van der Waals surface area contributed by atoms with E-state index < -0.39 is 23.9 Å². The van der Waals surface area contributed by atoms with Crippen LogP contribution in [0.1, 0.15) is 24.8 Å². The Labute approximate surface area is 151 Å². The molecule has 0 fully saturated rings. The molecule has 1 rings (SSSR count). The van der Waals surface area contributed by atoms with Gasteiger partial charge in [0.2, 0.25) is 11.8 Å². The van der Waals surface area contributed by atoms with Gasteiger partial charge >= 0.3 is 0 Å². The lowest BCUT2D eigenvalue weighted by molar-refractivity contribution is -0.130. The van der Waals surface area contributed by atoms with Crippen molar-refractivity contribution in [2.24, 2.45) is 22.2 Å². The van der Waals surface area contributed by atoms with E-state index in [-0.39, 0.29) is 18.1 Å². The average molecular weight is 366 g/mol. The van der Waals surface area contributed by atoms with Gasteiger partial charge in [0.1, 0.15) is 17.8 Å². The molecule has 0 aromatic heterocycles. The first-order valence-corrected chi connectivity index (χ1v) is 8.16. The van der Waals surface area contributed by atoms with Crippen molar-refractivity contribution in [2.75, 3.05) is 6.54 Å². The molecule has 0 aliphatic rings. The zero-order valence-electron chi connectivity index (χ0n) is 14.4. The number of hydrogen-bond donors (Lipinski definition) is 7. The maximum atomic E-state index is 12.3. The van der Waals surface area contributed by atoms with Gasteiger partial charge in [0, 0.05) is 13.0 Å². The number of primary amides is 1. The number of carbonyl (C=O) groups is 2. The van der Waals surface area contributed by atoms with Crippen LogP contribution in [0.15, 0.2) is 29.3 Å². The molecule has 0 spiro atoms. The van der Waals surface area contributed by atoms with Gasteiger partial charge in [0.05, 0.1) is 0 Å². The Kier molecular flexibility index (Phi) is 8.88. The summed E-state index contributed by atoms with van der Waals surface area (Å²) in [6.45, 7) is 0.423. The number of aliphatic imine (C=N–C) groups is 1. The van der Waals surface area contributed by atoms with Gasteiger partial charge in [0.25, 0.3) is 0 Å². The van der Waals surface area contributed by atoms with E-state index in [4.69, 9.17) is 17.2 Å². The van der Waals surface area contributed by atoms with Crippen molar-refractivity contribution in [1.82, 2.24) is 10.8 Å². The number of rotatable bonds is 11. The number of aromatic hydroxyl groups is 1. The summed E-state index contributed by atoms with van der Waals surface area (Å²) in [5.41, 5.74) is 18.4. The molecule has 0 heterocycles. The summed E-state index contributed by atoms with van der Waals surface area (Å²) in [6.07, 6.45) is 1.72. The highest BCUT2D eigenvalue weighted by Gasteiger charge is 2.24. The molecule has 0 bridgehead atoms. The maximum Gasteiger partial charge on any atom is 0.240 e. The third kappa shape index (κ3) is 7.81. The third-order valence-corrected chi connectivity index (χ3v) is 3.70. The number of nitrogens with two attached hydrogens (primary N) is 3. The molecule has 10 N–H and O–H groups in total. The summed E-state index contributed by atoms with van der Waals surface area (Å²) in [6, 6.07) is 4.37. The molecule has 144 valence electrons. The Hall–Kier alpha value is -2.85. The molecule has 0 aliphatic heterocycles. The monoisotopic (exact) mass is 366 g/mol. The van der Waals surface area contributed by atoms with Gasteiger partial charge < -0.3 is 32.8 Å². The van der Waals surface area contributed by atoms with Gasteiger partial charge in [-0.1, -0.05) is 12.1 Å². The highest BCUT2D eigenvalue weighted by Crippen LogP contribution is 2.11. The first kappa shape index (κ1) is 21.2. The van der Waals surface area contributed by atoms with E-state index in [9.17, 15) is 19.9 Å². The van der Waals surface area contributed by atoms with Crippen molar-refractivity contribution in [3.05, 3.63) is 29.8 Å². The predicted octanol–water partition coefficient (Wildman–Crippen LogP) is -1.30. The van der Waals surface area contributed by atoms with Crippen LogP contribution < -0.4 is 28.0 Å². The van der Waals surface area contributed by atoms with Crippen LogP contribution in [0, 0.1) is 0 Å². The molecule has 0 unspecified atom stereocenters. The van der Waals surface area contributed by atoms with E-state index in [0.29, 0.717) is 25.8 Å². The Morgan fingerprint density at radius 2 is 1.73 bits per heavy atom. The fraction of sp³-hybridized carbons (Fsp3) is 0.438. The summed E-state index contributed by atoms with van der Waals surface area (Å²) in [5.74, 6) is -1.15. The van der Waals surface area contributed by atoms with Crippen LogP contribution >= 0.6 is 0 Å². The van der Waals surface area contributed by atoms with Gasteiger partial charge in [0.15, 0.2) is 5.96 Å². The smallest absolute Gasteiger partial charge is 0.240 e. The number of hydroxylamine groups is 1. The number of amides is 2. The van der Waals surface area contributed by atoms with Crippen LogP contribution in [0.25, 0.3) is 0 Å². The number of guanidine groups is 1. The minimum Gasteiger partial charge on any atom is -0.508 e. The summed E-state index contributed by atoms with van der Waals surface area (Å²) < 4.78 is 0. The van der Waals surface area contributed by atoms with E-state index in [0.717, 1.165) is 5.56 Å². The topological polar surface area (TPSA) is 189 Å². The van der Waals surface area contributed by atoms with Gasteiger partial charge in [-0.2, -0.15) is 5.48 Å². The van der Waals surface area contributed by atoms with Crippen LogP contribution in [-0.4, -0.2) is 46.7 Å². The van der Waals surface area contributed by atoms with E-state index >= 15 is 0 Å². The van der Waals surface area contributed by atoms with Crippen molar-refractivity contribution in [1.29, 1.82) is 0 Å². The quantitative estimate of drug-likeness (QED) is 0.109. The summed E-state index contributed by atoms with van der Waals surface area (Å²) in [5, 5.41) is 21.0. The Balaban J connectivity index is 2.56. The van der Waals surface area contributed by atoms with E-state index in [1.54, 1.807) is 12.1 Å². The molecule has 2 amide bonds. The van der Waals surface area contributed by atoms with Crippen molar-refractivity contribution < 1.29 is 19.9 Å². The highest BCUT2D eigenvalue weighted by atomic mass is 16.5. The number of nitrogens with zero attached hydrogens (tertiary/aromatic N) is 1. The van der Waals surface area contributed by atoms with Crippen LogP contribution in [0.5, 0.6) is 5.75 Å². The van der Waals surface area contributed by atoms with E-state index in [1.807, 2.05) is 5.48 Å². The van der Waals surface area contributed by atoms with Gasteiger partial charge in [-0.15, -0.1) is 0 Å². The number of hydrogen-bond acceptors (Lipinski definition) is 6. The highest BCUT2D eigenvalue weighted by molar-refractivity contribution is 5.89. The normalized spacial score (nSPS) is 12.8. The van der Waals surface area contributed by atoms with Crippen molar-refractivity contribution >= 4 is 17.8 Å². The fourth-order valence-corrected chi connectivity index (χ4v) is 2.29. The minimum atomic E-state index is -0.940. The lowest BCUT2D eigenvalue weighted by Gasteiger charge is -2.20. The zero-order chi connectivity index (χ0) is 19.5. The molecule has 1 aromatic rings. The number of benzene rings is 1. The molecule has 10 nitrogen and oxygen atoms in total. The Bertz CT molecular complexity index is 616. The Morgan fingerprint density at radius 1 is 1.08 bits per heavy atom. The van der Waals surface area contributed by atoms with Crippen LogP contribution in [0.3, 0.4) is 0 Å². The summed E-state index contributed by atoms with van der Waals surface area (Å²) >= 11 is 0.